The smallest absolute Gasteiger partial charge is 0.337 e. The van der Waals surface area contributed by atoms with E-state index >= 15 is 0 Å². The normalized spacial score (nSPS) is 14.6. The Kier molecular flexibility index (Phi) is 6.26. The lowest BCUT2D eigenvalue weighted by Gasteiger charge is -2.34. The number of carboxylic acids is 1. The lowest BCUT2D eigenvalue weighted by Crippen LogP contribution is -2.33. The maximum Gasteiger partial charge on any atom is 0.337 e. The molecule has 5 nitrogen and oxygen atoms in total. The van der Waals surface area contributed by atoms with Gasteiger partial charge in [-0.3, -0.25) is 4.98 Å². The van der Waals surface area contributed by atoms with Crippen molar-refractivity contribution < 1.29 is 14.6 Å². The number of carboxylic acid groups (broad SMARTS) is 1. The molecule has 0 bridgehead atoms. The summed E-state index contributed by atoms with van der Waals surface area (Å²) in [5.41, 5.74) is 7.12. The van der Waals surface area contributed by atoms with E-state index in [4.69, 9.17) is 9.72 Å². The standard InChI is InChI=1S/C28H32N2O3/c1-18-11-13-20(14-12-18)25-22-17-30(21-9-7-6-8-10-21)16-15-23(22)29-19(2)24(25)26(27(31)32)33-28(3,4)5/h6-14,26H,15-17H2,1-5H3,(H,31,32)/t26-/m0/s1. The molecule has 172 valence electrons. The largest absolute Gasteiger partial charge is 0.479 e. The van der Waals surface area contributed by atoms with Gasteiger partial charge in [0, 0.05) is 47.7 Å². The van der Waals surface area contributed by atoms with E-state index < -0.39 is 17.7 Å². The second kappa shape index (κ2) is 8.99. The number of rotatable bonds is 5. The molecule has 1 N–H and O–H groups in total. The molecule has 0 spiro atoms. The molecule has 33 heavy (non-hydrogen) atoms. The fraction of sp³-hybridized carbons (Fsp3) is 0.357. The molecule has 1 atom stereocenters. The van der Waals surface area contributed by atoms with Gasteiger partial charge in [-0.05, 0) is 57.9 Å². The number of aromatic nitrogens is 1. The molecule has 1 aliphatic rings. The first kappa shape index (κ1) is 23.0. The van der Waals surface area contributed by atoms with E-state index in [-0.39, 0.29) is 0 Å². The molecule has 2 aromatic carbocycles. The van der Waals surface area contributed by atoms with Crippen LogP contribution in [0.1, 0.15) is 55.0 Å². The summed E-state index contributed by atoms with van der Waals surface area (Å²) in [5, 5.41) is 10.2. The van der Waals surface area contributed by atoms with Crippen LogP contribution in [0.25, 0.3) is 11.1 Å². The number of benzene rings is 2. The number of para-hydroxylation sites is 1. The summed E-state index contributed by atoms with van der Waals surface area (Å²) in [5.74, 6) is -1.00. The second-order valence-electron chi connectivity index (χ2n) is 9.73. The monoisotopic (exact) mass is 444 g/mol. The minimum absolute atomic E-state index is 0.619. The molecule has 0 fully saturated rings. The summed E-state index contributed by atoms with van der Waals surface area (Å²) in [6.07, 6.45) is -0.298. The first-order chi connectivity index (χ1) is 15.6. The van der Waals surface area contributed by atoms with Gasteiger partial charge in [0.25, 0.3) is 0 Å². The second-order valence-corrected chi connectivity index (χ2v) is 9.73. The number of aliphatic carboxylic acids is 1. The molecular weight excluding hydrogens is 412 g/mol. The predicted octanol–water partition coefficient (Wildman–Crippen LogP) is 5.87. The van der Waals surface area contributed by atoms with Crippen LogP contribution in [-0.4, -0.2) is 28.2 Å². The van der Waals surface area contributed by atoms with Crippen molar-refractivity contribution in [3.05, 3.63) is 82.7 Å². The van der Waals surface area contributed by atoms with E-state index in [1.807, 2.05) is 45.9 Å². The van der Waals surface area contributed by atoms with Gasteiger partial charge in [0.05, 0.1) is 5.60 Å². The van der Waals surface area contributed by atoms with Crippen LogP contribution in [0.5, 0.6) is 0 Å². The zero-order valence-corrected chi connectivity index (χ0v) is 20.1. The summed E-state index contributed by atoms with van der Waals surface area (Å²) in [7, 11) is 0. The fourth-order valence-corrected chi connectivity index (χ4v) is 4.52. The van der Waals surface area contributed by atoms with E-state index in [9.17, 15) is 9.90 Å². The molecule has 2 heterocycles. The highest BCUT2D eigenvalue weighted by atomic mass is 16.5. The molecule has 0 amide bonds. The molecule has 0 radical (unpaired) electrons. The van der Waals surface area contributed by atoms with Gasteiger partial charge in [-0.25, -0.2) is 4.79 Å². The van der Waals surface area contributed by atoms with Crippen molar-refractivity contribution in [2.24, 2.45) is 0 Å². The quantitative estimate of drug-likeness (QED) is 0.533. The molecule has 3 aromatic rings. The molecule has 4 rings (SSSR count). The van der Waals surface area contributed by atoms with E-state index in [2.05, 4.69) is 48.2 Å². The van der Waals surface area contributed by atoms with Gasteiger partial charge in [0.15, 0.2) is 6.10 Å². The van der Waals surface area contributed by atoms with Gasteiger partial charge in [0.1, 0.15) is 0 Å². The number of carbonyl (C=O) groups is 1. The highest BCUT2D eigenvalue weighted by Gasteiger charge is 2.34. The van der Waals surface area contributed by atoms with Crippen molar-refractivity contribution in [2.45, 2.75) is 59.3 Å². The Bertz CT molecular complexity index is 1150. The summed E-state index contributed by atoms with van der Waals surface area (Å²) in [4.78, 5) is 19.7. The van der Waals surface area contributed by atoms with Crippen LogP contribution >= 0.6 is 0 Å². The van der Waals surface area contributed by atoms with Gasteiger partial charge in [-0.1, -0.05) is 48.0 Å². The number of fused-ring (bicyclic) bond motifs is 1. The van der Waals surface area contributed by atoms with Gasteiger partial charge in [0.2, 0.25) is 0 Å². The Hall–Kier alpha value is -3.18. The van der Waals surface area contributed by atoms with Gasteiger partial charge in [-0.2, -0.15) is 0 Å². The Morgan fingerprint density at radius 2 is 1.73 bits per heavy atom. The third-order valence-corrected chi connectivity index (χ3v) is 6.00. The number of nitrogens with zero attached hydrogens (tertiary/aromatic N) is 2. The Morgan fingerprint density at radius 3 is 2.33 bits per heavy atom. The Labute approximate surface area is 196 Å². The summed E-state index contributed by atoms with van der Waals surface area (Å²) in [6.45, 7) is 11.1. The van der Waals surface area contributed by atoms with Crippen LogP contribution in [0.15, 0.2) is 54.6 Å². The topological polar surface area (TPSA) is 62.7 Å². The summed E-state index contributed by atoms with van der Waals surface area (Å²) in [6, 6.07) is 18.6. The number of ether oxygens (including phenoxy) is 1. The molecule has 0 aliphatic carbocycles. The molecule has 0 unspecified atom stereocenters. The van der Waals surface area contributed by atoms with Crippen LogP contribution in [0.2, 0.25) is 0 Å². The van der Waals surface area contributed by atoms with Crippen molar-refractivity contribution in [3.8, 4) is 11.1 Å². The zero-order valence-electron chi connectivity index (χ0n) is 20.1. The first-order valence-corrected chi connectivity index (χ1v) is 11.4. The van der Waals surface area contributed by atoms with Gasteiger partial charge >= 0.3 is 5.97 Å². The van der Waals surface area contributed by atoms with Crippen molar-refractivity contribution in [1.29, 1.82) is 0 Å². The van der Waals surface area contributed by atoms with Crippen molar-refractivity contribution >= 4 is 11.7 Å². The zero-order chi connectivity index (χ0) is 23.8. The number of pyridine rings is 1. The van der Waals surface area contributed by atoms with E-state index in [1.165, 1.54) is 0 Å². The Morgan fingerprint density at radius 1 is 1.06 bits per heavy atom. The van der Waals surface area contributed by atoms with Gasteiger partial charge < -0.3 is 14.7 Å². The predicted molar refractivity (Wildman–Crippen MR) is 132 cm³/mol. The fourth-order valence-electron chi connectivity index (χ4n) is 4.52. The maximum atomic E-state index is 12.5. The Balaban J connectivity index is 1.93. The molecule has 5 heteroatoms. The molecule has 0 saturated carbocycles. The van der Waals surface area contributed by atoms with Crippen LogP contribution in [0, 0.1) is 13.8 Å². The SMILES string of the molecule is Cc1ccc(-c2c3c(nc(C)c2[C@H](OC(C)(C)C)C(=O)O)CCN(c2ccccc2)C3)cc1. The minimum atomic E-state index is -1.11. The number of anilines is 1. The number of aryl methyl sites for hydroxylation is 2. The third-order valence-electron chi connectivity index (χ3n) is 6.00. The lowest BCUT2D eigenvalue weighted by molar-refractivity contribution is -0.160. The van der Waals surface area contributed by atoms with E-state index in [0.717, 1.165) is 46.6 Å². The van der Waals surface area contributed by atoms with Gasteiger partial charge in [-0.15, -0.1) is 0 Å². The summed E-state index contributed by atoms with van der Waals surface area (Å²) >= 11 is 0. The van der Waals surface area contributed by atoms with Crippen LogP contribution in [-0.2, 0) is 22.5 Å². The maximum absolute atomic E-state index is 12.5. The third kappa shape index (κ3) is 4.93. The first-order valence-electron chi connectivity index (χ1n) is 11.4. The molecule has 1 aliphatic heterocycles. The number of hydrogen-bond donors (Lipinski definition) is 1. The van der Waals surface area contributed by atoms with Crippen LogP contribution < -0.4 is 4.90 Å². The van der Waals surface area contributed by atoms with E-state index in [0.29, 0.717) is 17.8 Å². The average molecular weight is 445 g/mol. The minimum Gasteiger partial charge on any atom is -0.479 e. The molecule has 1 aromatic heterocycles. The van der Waals surface area contributed by atoms with Crippen molar-refractivity contribution in [1.82, 2.24) is 4.98 Å². The molecule has 0 saturated heterocycles. The molecular formula is C28H32N2O3. The summed E-state index contributed by atoms with van der Waals surface area (Å²) < 4.78 is 6.10. The highest BCUT2D eigenvalue weighted by Crippen LogP contribution is 2.40. The van der Waals surface area contributed by atoms with Crippen molar-refractivity contribution in [3.63, 3.8) is 0 Å². The van der Waals surface area contributed by atoms with Crippen molar-refractivity contribution in [2.75, 3.05) is 11.4 Å². The van der Waals surface area contributed by atoms with Crippen LogP contribution in [0.4, 0.5) is 5.69 Å². The average Bonchev–Trinajstić information content (AvgIpc) is 2.77. The number of hydrogen-bond acceptors (Lipinski definition) is 4. The van der Waals surface area contributed by atoms with Crippen LogP contribution in [0.3, 0.4) is 0 Å². The lowest BCUT2D eigenvalue weighted by atomic mass is 9.87. The van der Waals surface area contributed by atoms with E-state index in [1.54, 1.807) is 0 Å². The highest BCUT2D eigenvalue weighted by molar-refractivity contribution is 5.83.